The molecule has 0 unspecified atom stereocenters. The van der Waals surface area contributed by atoms with E-state index in [0.717, 1.165) is 16.8 Å². The summed E-state index contributed by atoms with van der Waals surface area (Å²) >= 11 is 0. The summed E-state index contributed by atoms with van der Waals surface area (Å²) in [5.74, 6) is -0.605. The van der Waals surface area contributed by atoms with E-state index in [1.165, 1.54) is 10.9 Å². The Hall–Kier alpha value is -3.48. The van der Waals surface area contributed by atoms with Crippen molar-refractivity contribution in [3.63, 3.8) is 0 Å². The van der Waals surface area contributed by atoms with E-state index in [1.54, 1.807) is 18.2 Å². The first-order chi connectivity index (χ1) is 13.5. The number of rotatable bonds is 6. The van der Waals surface area contributed by atoms with Crippen molar-refractivity contribution in [1.29, 1.82) is 0 Å². The lowest BCUT2D eigenvalue weighted by atomic mass is 10.1. The molecule has 3 rings (SSSR count). The fourth-order valence-electron chi connectivity index (χ4n) is 2.95. The molecular weight excluding hydrogens is 356 g/mol. The number of aryl methyl sites for hydroxylation is 3. The van der Waals surface area contributed by atoms with E-state index in [2.05, 4.69) is 15.6 Å². The van der Waals surface area contributed by atoms with Crippen LogP contribution >= 0.6 is 0 Å². The molecule has 144 valence electrons. The van der Waals surface area contributed by atoms with E-state index < -0.39 is 0 Å². The highest BCUT2D eigenvalue weighted by atomic mass is 16.2. The van der Waals surface area contributed by atoms with Gasteiger partial charge in [-0.1, -0.05) is 30.3 Å². The topological polar surface area (TPSA) is 93.1 Å². The number of hydrogen-bond acceptors (Lipinski definition) is 4. The van der Waals surface area contributed by atoms with Crippen LogP contribution in [0.25, 0.3) is 10.9 Å². The molecule has 2 aromatic carbocycles. The zero-order valence-corrected chi connectivity index (χ0v) is 15.9. The van der Waals surface area contributed by atoms with Crippen molar-refractivity contribution >= 4 is 28.4 Å². The minimum Gasteiger partial charge on any atom is -0.347 e. The van der Waals surface area contributed by atoms with E-state index in [9.17, 15) is 14.4 Å². The molecule has 1 heterocycles. The summed E-state index contributed by atoms with van der Waals surface area (Å²) in [5.41, 5.74) is 3.11. The molecule has 0 fully saturated rings. The first kappa shape index (κ1) is 19.3. The van der Waals surface area contributed by atoms with E-state index >= 15 is 0 Å². The van der Waals surface area contributed by atoms with Gasteiger partial charge in [0.1, 0.15) is 0 Å². The number of aromatic nitrogens is 2. The number of amides is 2. The summed E-state index contributed by atoms with van der Waals surface area (Å²) < 4.78 is 1.40. The van der Waals surface area contributed by atoms with Crippen molar-refractivity contribution < 1.29 is 9.59 Å². The number of nitrogens with one attached hydrogen (secondary N) is 2. The highest BCUT2D eigenvalue weighted by Gasteiger charge is 2.10. The van der Waals surface area contributed by atoms with Crippen LogP contribution in [0.3, 0.4) is 0 Å². The molecular formula is C21H22N4O3. The van der Waals surface area contributed by atoms with E-state index in [0.29, 0.717) is 10.9 Å². The molecule has 7 heteroatoms. The van der Waals surface area contributed by atoms with Gasteiger partial charge in [-0.3, -0.25) is 19.0 Å². The van der Waals surface area contributed by atoms with E-state index in [-0.39, 0.29) is 36.9 Å². The molecule has 3 aromatic rings. The SMILES string of the molecule is Cc1cccc(C)c1NC(=O)CNC(=O)CCn1cnc2ccccc2c1=O. The molecule has 0 bridgehead atoms. The van der Waals surface area contributed by atoms with Gasteiger partial charge in [-0.2, -0.15) is 0 Å². The predicted molar refractivity (Wildman–Crippen MR) is 108 cm³/mol. The van der Waals surface area contributed by atoms with Crippen LogP contribution in [0, 0.1) is 13.8 Å². The van der Waals surface area contributed by atoms with Crippen LogP contribution in [-0.2, 0) is 16.1 Å². The molecule has 0 radical (unpaired) electrons. The van der Waals surface area contributed by atoms with Crippen LogP contribution in [0.5, 0.6) is 0 Å². The number of anilines is 1. The summed E-state index contributed by atoms with van der Waals surface area (Å²) in [5, 5.41) is 5.91. The fourth-order valence-corrected chi connectivity index (χ4v) is 2.95. The van der Waals surface area contributed by atoms with Crippen LogP contribution in [0.2, 0.25) is 0 Å². The van der Waals surface area contributed by atoms with Crippen molar-refractivity contribution in [2.45, 2.75) is 26.8 Å². The lowest BCUT2D eigenvalue weighted by Crippen LogP contribution is -2.34. The van der Waals surface area contributed by atoms with E-state index in [1.807, 2.05) is 38.1 Å². The molecule has 0 aliphatic carbocycles. The van der Waals surface area contributed by atoms with Gasteiger partial charge < -0.3 is 10.6 Å². The van der Waals surface area contributed by atoms with Gasteiger partial charge in [0.15, 0.2) is 0 Å². The first-order valence-corrected chi connectivity index (χ1v) is 9.02. The van der Waals surface area contributed by atoms with Crippen LogP contribution in [-0.4, -0.2) is 27.9 Å². The highest BCUT2D eigenvalue weighted by Crippen LogP contribution is 2.18. The summed E-state index contributed by atoms with van der Waals surface area (Å²) in [6, 6.07) is 12.8. The second kappa shape index (κ2) is 8.47. The van der Waals surface area contributed by atoms with Gasteiger partial charge in [0.2, 0.25) is 11.8 Å². The van der Waals surface area contributed by atoms with Crippen molar-refractivity contribution in [3.05, 3.63) is 70.3 Å². The summed E-state index contributed by atoms with van der Waals surface area (Å²) in [6.07, 6.45) is 1.52. The normalized spacial score (nSPS) is 10.6. The molecule has 0 spiro atoms. The molecule has 0 saturated heterocycles. The van der Waals surface area contributed by atoms with Crippen molar-refractivity contribution in [2.24, 2.45) is 0 Å². The number of hydrogen-bond donors (Lipinski definition) is 2. The molecule has 0 aliphatic heterocycles. The van der Waals surface area contributed by atoms with Gasteiger partial charge >= 0.3 is 0 Å². The second-order valence-electron chi connectivity index (χ2n) is 6.60. The largest absolute Gasteiger partial charge is 0.347 e. The molecule has 2 N–H and O–H groups in total. The molecule has 7 nitrogen and oxygen atoms in total. The molecule has 0 aliphatic rings. The summed E-state index contributed by atoms with van der Waals surface area (Å²) in [4.78, 5) is 40.8. The number of fused-ring (bicyclic) bond motifs is 1. The van der Waals surface area contributed by atoms with Crippen LogP contribution < -0.4 is 16.2 Å². The zero-order valence-electron chi connectivity index (χ0n) is 15.9. The Kier molecular flexibility index (Phi) is 5.84. The van der Waals surface area contributed by atoms with Crippen LogP contribution in [0.4, 0.5) is 5.69 Å². The van der Waals surface area contributed by atoms with Gasteiger partial charge in [0.25, 0.3) is 5.56 Å². The smallest absolute Gasteiger partial charge is 0.261 e. The minimum absolute atomic E-state index is 0.0800. The summed E-state index contributed by atoms with van der Waals surface area (Å²) in [6.45, 7) is 3.89. The number of benzene rings is 2. The maximum Gasteiger partial charge on any atom is 0.261 e. The number of carbonyl (C=O) groups is 2. The third-order valence-corrected chi connectivity index (χ3v) is 4.50. The predicted octanol–water partition coefficient (Wildman–Crippen LogP) is 2.16. The molecule has 28 heavy (non-hydrogen) atoms. The maximum atomic E-state index is 12.4. The third kappa shape index (κ3) is 4.43. The average molecular weight is 378 g/mol. The Bertz CT molecular complexity index is 1070. The quantitative estimate of drug-likeness (QED) is 0.687. The number of carbonyl (C=O) groups excluding carboxylic acids is 2. The summed E-state index contributed by atoms with van der Waals surface area (Å²) in [7, 11) is 0. The van der Waals surface area contributed by atoms with Gasteiger partial charge in [0.05, 0.1) is 23.8 Å². The Balaban J connectivity index is 1.53. The lowest BCUT2D eigenvalue weighted by Gasteiger charge is -2.12. The monoisotopic (exact) mass is 378 g/mol. The van der Waals surface area contributed by atoms with Crippen LogP contribution in [0.15, 0.2) is 53.6 Å². The molecule has 2 amide bonds. The minimum atomic E-state index is -0.309. The Morgan fingerprint density at radius 1 is 1.00 bits per heavy atom. The van der Waals surface area contributed by atoms with Crippen molar-refractivity contribution in [1.82, 2.24) is 14.9 Å². The first-order valence-electron chi connectivity index (χ1n) is 9.02. The van der Waals surface area contributed by atoms with Gasteiger partial charge in [-0.05, 0) is 37.1 Å². The van der Waals surface area contributed by atoms with Gasteiger partial charge in [0, 0.05) is 18.7 Å². The zero-order chi connectivity index (χ0) is 20.1. The van der Waals surface area contributed by atoms with Gasteiger partial charge in [-0.25, -0.2) is 4.98 Å². The van der Waals surface area contributed by atoms with Crippen molar-refractivity contribution in [3.8, 4) is 0 Å². The fraction of sp³-hybridized carbons (Fsp3) is 0.238. The highest BCUT2D eigenvalue weighted by molar-refractivity contribution is 5.95. The number of nitrogens with zero attached hydrogens (tertiary/aromatic N) is 2. The molecule has 0 atom stereocenters. The average Bonchev–Trinajstić information content (AvgIpc) is 2.69. The Morgan fingerprint density at radius 2 is 1.71 bits per heavy atom. The third-order valence-electron chi connectivity index (χ3n) is 4.50. The van der Waals surface area contributed by atoms with Gasteiger partial charge in [-0.15, -0.1) is 0 Å². The van der Waals surface area contributed by atoms with Crippen LogP contribution in [0.1, 0.15) is 17.5 Å². The maximum absolute atomic E-state index is 12.4. The standard InChI is InChI=1S/C21H22N4O3/c1-14-6-5-7-15(2)20(14)24-19(27)12-22-18(26)10-11-25-13-23-17-9-4-3-8-16(17)21(25)28/h3-9,13H,10-12H2,1-2H3,(H,22,26)(H,24,27). The Labute approximate surface area is 162 Å². The Morgan fingerprint density at radius 3 is 2.46 bits per heavy atom. The lowest BCUT2D eigenvalue weighted by molar-refractivity contribution is -0.124. The number of para-hydroxylation sites is 2. The second-order valence-corrected chi connectivity index (χ2v) is 6.60. The van der Waals surface area contributed by atoms with E-state index in [4.69, 9.17) is 0 Å². The molecule has 0 saturated carbocycles. The van der Waals surface area contributed by atoms with Crippen molar-refractivity contribution in [2.75, 3.05) is 11.9 Å². The molecule has 1 aromatic heterocycles.